The predicted molar refractivity (Wildman–Crippen MR) is 85.2 cm³/mol. The molecular weight excluding hydrogens is 282 g/mol. The first-order valence-corrected chi connectivity index (χ1v) is 8.38. The van der Waals surface area contributed by atoms with E-state index in [2.05, 4.69) is 12.2 Å². The largest absolute Gasteiger partial charge is 0.425 e. The number of alkyl carbamates (subject to hydrolysis) is 1. The summed E-state index contributed by atoms with van der Waals surface area (Å²) in [5, 5.41) is 2.83. The normalized spacial score (nSPS) is 18.9. The second-order valence-corrected chi connectivity index (χ2v) is 7.33. The van der Waals surface area contributed by atoms with Crippen LogP contribution in [-0.4, -0.2) is 24.9 Å². The molecule has 0 aromatic heterocycles. The van der Waals surface area contributed by atoms with Gasteiger partial charge in [-0.2, -0.15) is 0 Å². The zero-order chi connectivity index (χ0) is 16.8. The Morgan fingerprint density at radius 2 is 1.64 bits per heavy atom. The van der Waals surface area contributed by atoms with Gasteiger partial charge in [0.05, 0.1) is 5.92 Å². The topological polar surface area (TPSA) is 64.6 Å². The Balaban J connectivity index is 2.44. The van der Waals surface area contributed by atoms with Gasteiger partial charge < -0.3 is 14.8 Å². The Labute approximate surface area is 134 Å². The van der Waals surface area contributed by atoms with Gasteiger partial charge in [-0.05, 0) is 18.3 Å². The molecule has 0 saturated heterocycles. The highest BCUT2D eigenvalue weighted by molar-refractivity contribution is 5.72. The predicted octanol–water partition coefficient (Wildman–Crippen LogP) is 3.86. The number of amides is 1. The molecule has 0 aromatic rings. The van der Waals surface area contributed by atoms with Crippen LogP contribution in [0.5, 0.6) is 0 Å². The summed E-state index contributed by atoms with van der Waals surface area (Å²) in [5.41, 5.74) is 0.152. The van der Waals surface area contributed by atoms with Gasteiger partial charge in [0.15, 0.2) is 0 Å². The molecule has 1 aliphatic carbocycles. The minimum absolute atomic E-state index is 0.0845. The Hall–Kier alpha value is -1.26. The van der Waals surface area contributed by atoms with E-state index in [1.54, 1.807) is 13.8 Å². The summed E-state index contributed by atoms with van der Waals surface area (Å²) in [7, 11) is 0. The van der Waals surface area contributed by atoms with E-state index in [9.17, 15) is 9.59 Å². The molecule has 0 aliphatic heterocycles. The van der Waals surface area contributed by atoms with Crippen LogP contribution in [0.15, 0.2) is 0 Å². The first-order valence-electron chi connectivity index (χ1n) is 8.38. The summed E-state index contributed by atoms with van der Waals surface area (Å²) in [4.78, 5) is 23.6. The molecule has 1 aliphatic rings. The van der Waals surface area contributed by atoms with Crippen LogP contribution in [-0.2, 0) is 14.3 Å². The average molecular weight is 313 g/mol. The van der Waals surface area contributed by atoms with Crippen LogP contribution < -0.4 is 5.32 Å². The maximum Gasteiger partial charge on any atom is 0.410 e. The zero-order valence-corrected chi connectivity index (χ0v) is 14.6. The molecule has 1 atom stereocenters. The van der Waals surface area contributed by atoms with Gasteiger partial charge in [0, 0.05) is 12.5 Å². The average Bonchev–Trinajstić information content (AvgIpc) is 2.45. The molecule has 1 amide bonds. The molecule has 0 spiro atoms. The summed E-state index contributed by atoms with van der Waals surface area (Å²) >= 11 is 0. The van der Waals surface area contributed by atoms with E-state index in [-0.39, 0.29) is 23.2 Å². The first-order chi connectivity index (χ1) is 10.2. The third-order valence-electron chi connectivity index (χ3n) is 4.19. The summed E-state index contributed by atoms with van der Waals surface area (Å²) in [6.07, 6.45) is 4.62. The minimum Gasteiger partial charge on any atom is -0.425 e. The molecule has 5 nitrogen and oxygen atoms in total. The lowest BCUT2D eigenvalue weighted by Gasteiger charge is -2.33. The number of esters is 1. The lowest BCUT2D eigenvalue weighted by Crippen LogP contribution is -2.40. The Kier molecular flexibility index (Phi) is 7.17. The Morgan fingerprint density at radius 1 is 1.05 bits per heavy atom. The highest BCUT2D eigenvalue weighted by atomic mass is 16.7. The number of carbonyl (C=O) groups is 2. The van der Waals surface area contributed by atoms with Crippen molar-refractivity contribution in [2.24, 2.45) is 17.3 Å². The first kappa shape index (κ1) is 18.8. The summed E-state index contributed by atoms with van der Waals surface area (Å²) < 4.78 is 10.5. The van der Waals surface area contributed by atoms with Crippen LogP contribution in [0, 0.1) is 17.3 Å². The van der Waals surface area contributed by atoms with Crippen LogP contribution in [0.1, 0.15) is 66.7 Å². The zero-order valence-electron chi connectivity index (χ0n) is 14.6. The number of hydrogen-bond donors (Lipinski definition) is 1. The fourth-order valence-corrected chi connectivity index (χ4v) is 2.56. The lowest BCUT2D eigenvalue weighted by molar-refractivity contribution is -0.178. The molecule has 0 radical (unpaired) electrons. The molecule has 22 heavy (non-hydrogen) atoms. The van der Waals surface area contributed by atoms with Gasteiger partial charge in [-0.25, -0.2) is 4.79 Å². The Bertz CT molecular complexity index is 373. The monoisotopic (exact) mass is 313 g/mol. The molecule has 1 unspecified atom stereocenters. The van der Waals surface area contributed by atoms with Crippen LogP contribution >= 0.6 is 0 Å². The molecule has 5 heteroatoms. The van der Waals surface area contributed by atoms with Crippen molar-refractivity contribution in [1.82, 2.24) is 5.32 Å². The van der Waals surface area contributed by atoms with Crippen LogP contribution in [0.25, 0.3) is 0 Å². The SMILES string of the molecule is CC(C)C(=O)OC(OC(=O)NCC1(C)CCCCC1)C(C)C. The number of nitrogens with one attached hydrogen (secondary N) is 1. The van der Waals surface area contributed by atoms with Crippen LogP contribution in [0.2, 0.25) is 0 Å². The van der Waals surface area contributed by atoms with Crippen molar-refractivity contribution >= 4 is 12.1 Å². The van der Waals surface area contributed by atoms with E-state index in [1.165, 1.54) is 19.3 Å². The molecular formula is C17H31NO4. The van der Waals surface area contributed by atoms with Crippen molar-refractivity contribution < 1.29 is 19.1 Å². The van der Waals surface area contributed by atoms with E-state index >= 15 is 0 Å². The Morgan fingerprint density at radius 3 is 2.14 bits per heavy atom. The van der Waals surface area contributed by atoms with Crippen molar-refractivity contribution in [3.05, 3.63) is 0 Å². The highest BCUT2D eigenvalue weighted by Gasteiger charge is 2.29. The summed E-state index contributed by atoms with van der Waals surface area (Å²) in [5.74, 6) is -0.682. The number of carbonyl (C=O) groups excluding carboxylic acids is 2. The summed E-state index contributed by atoms with van der Waals surface area (Å²) in [6.45, 7) is 10.0. The maximum absolute atomic E-state index is 12.0. The van der Waals surface area contributed by atoms with Crippen molar-refractivity contribution in [3.63, 3.8) is 0 Å². The molecule has 0 bridgehead atoms. The minimum atomic E-state index is -0.839. The van der Waals surface area contributed by atoms with Crippen LogP contribution in [0.3, 0.4) is 0 Å². The molecule has 0 aromatic carbocycles. The quantitative estimate of drug-likeness (QED) is 0.597. The van der Waals surface area contributed by atoms with E-state index in [4.69, 9.17) is 9.47 Å². The number of rotatable bonds is 6. The van der Waals surface area contributed by atoms with Gasteiger partial charge in [0.2, 0.25) is 0 Å². The third kappa shape index (κ3) is 6.24. The lowest BCUT2D eigenvalue weighted by atomic mass is 9.76. The number of ether oxygens (including phenoxy) is 2. The highest BCUT2D eigenvalue weighted by Crippen LogP contribution is 2.34. The second kappa shape index (κ2) is 8.39. The van der Waals surface area contributed by atoms with Crippen molar-refractivity contribution in [2.45, 2.75) is 73.0 Å². The van der Waals surface area contributed by atoms with E-state index in [1.807, 2.05) is 13.8 Å². The van der Waals surface area contributed by atoms with Crippen LogP contribution in [0.4, 0.5) is 4.79 Å². The number of hydrogen-bond acceptors (Lipinski definition) is 4. The molecule has 0 heterocycles. The fourth-order valence-electron chi connectivity index (χ4n) is 2.56. The standard InChI is InChI=1S/C17H31NO4/c1-12(2)14(19)21-15(13(3)4)22-16(20)18-11-17(5)9-7-6-8-10-17/h12-13,15H,6-11H2,1-5H3,(H,18,20). The molecule has 1 rings (SSSR count). The molecule has 1 saturated carbocycles. The van der Waals surface area contributed by atoms with Crippen molar-refractivity contribution in [2.75, 3.05) is 6.54 Å². The van der Waals surface area contributed by atoms with Gasteiger partial charge >= 0.3 is 12.1 Å². The smallest absolute Gasteiger partial charge is 0.410 e. The summed E-state index contributed by atoms with van der Waals surface area (Å²) in [6, 6.07) is 0. The maximum atomic E-state index is 12.0. The van der Waals surface area contributed by atoms with E-state index < -0.39 is 12.4 Å². The van der Waals surface area contributed by atoms with Gasteiger partial charge in [-0.15, -0.1) is 0 Å². The van der Waals surface area contributed by atoms with Gasteiger partial charge in [0.1, 0.15) is 0 Å². The van der Waals surface area contributed by atoms with E-state index in [0.29, 0.717) is 6.54 Å². The second-order valence-electron chi connectivity index (χ2n) is 7.33. The van der Waals surface area contributed by atoms with Gasteiger partial charge in [-0.1, -0.05) is 53.9 Å². The third-order valence-corrected chi connectivity index (χ3v) is 4.19. The molecule has 128 valence electrons. The van der Waals surface area contributed by atoms with Gasteiger partial charge in [0.25, 0.3) is 6.29 Å². The van der Waals surface area contributed by atoms with Crippen molar-refractivity contribution in [1.29, 1.82) is 0 Å². The molecule has 1 N–H and O–H groups in total. The fraction of sp³-hybridized carbons (Fsp3) is 0.882. The molecule has 1 fully saturated rings. The van der Waals surface area contributed by atoms with E-state index in [0.717, 1.165) is 12.8 Å². The van der Waals surface area contributed by atoms with Gasteiger partial charge in [-0.3, -0.25) is 4.79 Å². The van der Waals surface area contributed by atoms with Crippen molar-refractivity contribution in [3.8, 4) is 0 Å².